The van der Waals surface area contributed by atoms with Crippen molar-refractivity contribution in [3.8, 4) is 0 Å². The van der Waals surface area contributed by atoms with Crippen LogP contribution in [0.4, 0.5) is 5.82 Å². The predicted octanol–water partition coefficient (Wildman–Crippen LogP) is 3.50. The Morgan fingerprint density at radius 2 is 2.26 bits per heavy atom. The fourth-order valence-electron chi connectivity index (χ4n) is 2.01. The number of methoxy groups -OCH3 is 1. The molecule has 19 heavy (non-hydrogen) atoms. The Hall–Kier alpha value is -1.58. The molecule has 0 aliphatic carbocycles. The summed E-state index contributed by atoms with van der Waals surface area (Å²) in [6.07, 6.45) is 6.48. The first-order chi connectivity index (χ1) is 9.22. The van der Waals surface area contributed by atoms with E-state index in [0.29, 0.717) is 17.3 Å². The lowest BCUT2D eigenvalue weighted by Gasteiger charge is -2.16. The minimum Gasteiger partial charge on any atom is -0.465 e. The summed E-state index contributed by atoms with van der Waals surface area (Å²) in [5.74, 6) is 0.883. The van der Waals surface area contributed by atoms with Crippen LogP contribution in [0.1, 0.15) is 49.9 Å². The molecular weight excluding hydrogens is 240 g/mol. The monoisotopic (exact) mass is 264 g/mol. The number of anilines is 1. The normalized spacial score (nSPS) is 11.9. The predicted molar refractivity (Wildman–Crippen MR) is 77.4 cm³/mol. The third-order valence-electron chi connectivity index (χ3n) is 3.31. The van der Waals surface area contributed by atoms with Crippen molar-refractivity contribution in [3.05, 3.63) is 23.9 Å². The summed E-state index contributed by atoms with van der Waals surface area (Å²) in [6, 6.07) is 3.47. The van der Waals surface area contributed by atoms with Crippen LogP contribution >= 0.6 is 0 Å². The van der Waals surface area contributed by atoms with Crippen molar-refractivity contribution >= 4 is 11.8 Å². The summed E-state index contributed by atoms with van der Waals surface area (Å²) in [6.45, 7) is 5.24. The van der Waals surface area contributed by atoms with Gasteiger partial charge in [-0.3, -0.25) is 0 Å². The van der Waals surface area contributed by atoms with Crippen molar-refractivity contribution < 1.29 is 9.53 Å². The Kier molecular flexibility index (Phi) is 6.93. The average molecular weight is 264 g/mol. The molecule has 0 bridgehead atoms. The number of aromatic nitrogens is 1. The van der Waals surface area contributed by atoms with E-state index in [0.717, 1.165) is 13.0 Å². The van der Waals surface area contributed by atoms with Crippen molar-refractivity contribution in [1.29, 1.82) is 0 Å². The minimum absolute atomic E-state index is 0.350. The second-order valence-electron chi connectivity index (χ2n) is 4.69. The Bertz CT molecular complexity index is 393. The first-order valence-electron chi connectivity index (χ1n) is 7.00. The molecular formula is C15H24N2O2. The van der Waals surface area contributed by atoms with E-state index >= 15 is 0 Å². The molecule has 1 rings (SSSR count). The quantitative estimate of drug-likeness (QED) is 0.730. The zero-order valence-corrected chi connectivity index (χ0v) is 12.1. The molecule has 0 aliphatic rings. The van der Waals surface area contributed by atoms with Gasteiger partial charge >= 0.3 is 5.97 Å². The van der Waals surface area contributed by atoms with Crippen LogP contribution in [-0.2, 0) is 4.74 Å². The van der Waals surface area contributed by atoms with E-state index in [1.807, 2.05) is 0 Å². The first-order valence-corrected chi connectivity index (χ1v) is 7.00. The van der Waals surface area contributed by atoms with Crippen LogP contribution in [-0.4, -0.2) is 24.6 Å². The van der Waals surface area contributed by atoms with Gasteiger partial charge in [0.25, 0.3) is 0 Å². The fourth-order valence-corrected chi connectivity index (χ4v) is 2.01. The number of carbonyl (C=O) groups is 1. The SMILES string of the molecule is CCCCC(CC)CNc1ncccc1C(=O)OC. The molecule has 0 amide bonds. The van der Waals surface area contributed by atoms with Gasteiger partial charge in [-0.1, -0.05) is 33.1 Å². The molecule has 1 atom stereocenters. The highest BCUT2D eigenvalue weighted by Gasteiger charge is 2.13. The molecule has 0 spiro atoms. The van der Waals surface area contributed by atoms with Crippen molar-refractivity contribution in [2.24, 2.45) is 5.92 Å². The van der Waals surface area contributed by atoms with Gasteiger partial charge in [0.2, 0.25) is 0 Å². The van der Waals surface area contributed by atoms with Gasteiger partial charge < -0.3 is 10.1 Å². The van der Waals surface area contributed by atoms with Crippen LogP contribution in [0.2, 0.25) is 0 Å². The van der Waals surface area contributed by atoms with E-state index in [1.54, 1.807) is 18.3 Å². The zero-order chi connectivity index (χ0) is 14.1. The molecule has 1 aromatic heterocycles. The summed E-state index contributed by atoms with van der Waals surface area (Å²) in [7, 11) is 1.38. The highest BCUT2D eigenvalue weighted by atomic mass is 16.5. The number of ether oxygens (including phenoxy) is 1. The molecule has 0 saturated carbocycles. The Morgan fingerprint density at radius 1 is 1.47 bits per heavy atom. The van der Waals surface area contributed by atoms with Crippen molar-refractivity contribution in [1.82, 2.24) is 4.98 Å². The van der Waals surface area contributed by atoms with Crippen LogP contribution in [0, 0.1) is 5.92 Å². The number of nitrogens with one attached hydrogen (secondary N) is 1. The van der Waals surface area contributed by atoms with Gasteiger partial charge in [0.15, 0.2) is 0 Å². The standard InChI is InChI=1S/C15H24N2O2/c1-4-6-8-12(5-2)11-17-14-13(15(18)19-3)9-7-10-16-14/h7,9-10,12H,4-6,8,11H2,1-3H3,(H,16,17). The van der Waals surface area contributed by atoms with Gasteiger partial charge in [-0.2, -0.15) is 0 Å². The molecule has 1 heterocycles. The van der Waals surface area contributed by atoms with Gasteiger partial charge in [-0.25, -0.2) is 9.78 Å². The highest BCUT2D eigenvalue weighted by molar-refractivity contribution is 5.94. The summed E-state index contributed by atoms with van der Waals surface area (Å²) in [5, 5.41) is 3.28. The van der Waals surface area contributed by atoms with Crippen LogP contribution in [0.3, 0.4) is 0 Å². The van der Waals surface area contributed by atoms with Crippen molar-refractivity contribution in [2.75, 3.05) is 19.0 Å². The van der Waals surface area contributed by atoms with E-state index in [2.05, 4.69) is 24.1 Å². The summed E-state index contributed by atoms with van der Waals surface area (Å²) >= 11 is 0. The lowest BCUT2D eigenvalue weighted by Crippen LogP contribution is -2.17. The number of carbonyl (C=O) groups excluding carboxylic acids is 1. The number of hydrogen-bond donors (Lipinski definition) is 1. The van der Waals surface area contributed by atoms with Crippen molar-refractivity contribution in [3.63, 3.8) is 0 Å². The molecule has 4 nitrogen and oxygen atoms in total. The Labute approximate surface area is 115 Å². The maximum absolute atomic E-state index is 11.6. The summed E-state index contributed by atoms with van der Waals surface area (Å²) in [5.41, 5.74) is 0.496. The lowest BCUT2D eigenvalue weighted by atomic mass is 9.99. The highest BCUT2D eigenvalue weighted by Crippen LogP contribution is 2.16. The van der Waals surface area contributed by atoms with Gasteiger partial charge in [-0.15, -0.1) is 0 Å². The number of nitrogens with zero attached hydrogens (tertiary/aromatic N) is 1. The third-order valence-corrected chi connectivity index (χ3v) is 3.31. The Balaban J connectivity index is 2.63. The maximum Gasteiger partial charge on any atom is 0.341 e. The molecule has 0 aliphatic heterocycles. The van der Waals surface area contributed by atoms with E-state index in [1.165, 1.54) is 26.4 Å². The molecule has 4 heteroatoms. The molecule has 0 fully saturated rings. The van der Waals surface area contributed by atoms with Crippen molar-refractivity contribution in [2.45, 2.75) is 39.5 Å². The molecule has 0 saturated heterocycles. The van der Waals surface area contributed by atoms with Gasteiger partial charge in [0.1, 0.15) is 11.4 Å². The number of rotatable bonds is 8. The van der Waals surface area contributed by atoms with E-state index in [-0.39, 0.29) is 5.97 Å². The minimum atomic E-state index is -0.350. The molecule has 1 unspecified atom stereocenters. The topological polar surface area (TPSA) is 51.2 Å². The van der Waals surface area contributed by atoms with Crippen LogP contribution < -0.4 is 5.32 Å². The largest absolute Gasteiger partial charge is 0.465 e. The molecule has 1 N–H and O–H groups in total. The van der Waals surface area contributed by atoms with E-state index < -0.39 is 0 Å². The van der Waals surface area contributed by atoms with Crippen LogP contribution in [0.15, 0.2) is 18.3 Å². The maximum atomic E-state index is 11.6. The van der Waals surface area contributed by atoms with Gasteiger partial charge in [0.05, 0.1) is 7.11 Å². The summed E-state index contributed by atoms with van der Waals surface area (Å²) < 4.78 is 4.76. The number of pyridine rings is 1. The van der Waals surface area contributed by atoms with E-state index in [4.69, 9.17) is 4.74 Å². The zero-order valence-electron chi connectivity index (χ0n) is 12.1. The van der Waals surface area contributed by atoms with Crippen LogP contribution in [0.25, 0.3) is 0 Å². The first kappa shape index (κ1) is 15.5. The van der Waals surface area contributed by atoms with Gasteiger partial charge in [0, 0.05) is 12.7 Å². The Morgan fingerprint density at radius 3 is 2.89 bits per heavy atom. The summed E-state index contributed by atoms with van der Waals surface area (Å²) in [4.78, 5) is 15.8. The smallest absolute Gasteiger partial charge is 0.341 e. The van der Waals surface area contributed by atoms with Crippen LogP contribution in [0.5, 0.6) is 0 Å². The molecule has 0 aromatic carbocycles. The average Bonchev–Trinajstić information content (AvgIpc) is 2.47. The van der Waals surface area contributed by atoms with Gasteiger partial charge in [-0.05, 0) is 24.5 Å². The lowest BCUT2D eigenvalue weighted by molar-refractivity contribution is 0.0601. The second kappa shape index (κ2) is 8.51. The second-order valence-corrected chi connectivity index (χ2v) is 4.69. The number of unbranched alkanes of at least 4 members (excludes halogenated alkanes) is 1. The van der Waals surface area contributed by atoms with E-state index in [9.17, 15) is 4.79 Å². The third kappa shape index (κ3) is 4.89. The molecule has 1 aromatic rings. The number of hydrogen-bond acceptors (Lipinski definition) is 4. The molecule has 106 valence electrons. The number of esters is 1. The fraction of sp³-hybridized carbons (Fsp3) is 0.600. The molecule has 0 radical (unpaired) electrons.